The van der Waals surface area contributed by atoms with Crippen molar-refractivity contribution in [1.82, 2.24) is 20.1 Å². The fourth-order valence-electron chi connectivity index (χ4n) is 4.54. The Bertz CT molecular complexity index is 1070. The molecule has 1 unspecified atom stereocenters. The van der Waals surface area contributed by atoms with E-state index in [0.29, 0.717) is 39.1 Å². The first-order valence-corrected chi connectivity index (χ1v) is 12.5. The summed E-state index contributed by atoms with van der Waals surface area (Å²) in [5.41, 5.74) is 1.29. The number of rotatable bonds is 7. The van der Waals surface area contributed by atoms with Gasteiger partial charge in [0.15, 0.2) is 0 Å². The summed E-state index contributed by atoms with van der Waals surface area (Å²) < 4.78 is 1.14. The normalized spacial score (nSPS) is 16.8. The Kier molecular flexibility index (Phi) is 7.40. The van der Waals surface area contributed by atoms with Crippen molar-refractivity contribution in [2.75, 3.05) is 39.3 Å². The molecule has 1 N–H and O–H groups in total. The molecule has 2 amide bonds. The molecule has 1 fully saturated rings. The molecule has 1 atom stereocenters. The number of benzene rings is 2. The maximum absolute atomic E-state index is 14.0. The molecule has 0 radical (unpaired) electrons. The summed E-state index contributed by atoms with van der Waals surface area (Å²) in [6, 6.07) is 18.2. The van der Waals surface area contributed by atoms with Gasteiger partial charge in [-0.1, -0.05) is 42.5 Å². The first kappa shape index (κ1) is 23.4. The largest absolute Gasteiger partial charge is 0.355 e. The Labute approximate surface area is 199 Å². The highest BCUT2D eigenvalue weighted by molar-refractivity contribution is 7.18. The molecule has 33 heavy (non-hydrogen) atoms. The predicted molar refractivity (Wildman–Crippen MR) is 133 cm³/mol. The van der Waals surface area contributed by atoms with Crippen LogP contribution in [0.5, 0.6) is 0 Å². The summed E-state index contributed by atoms with van der Waals surface area (Å²) in [7, 11) is 0. The van der Waals surface area contributed by atoms with E-state index in [2.05, 4.69) is 16.3 Å². The molecule has 0 aliphatic carbocycles. The minimum atomic E-state index is -0.704. The van der Waals surface area contributed by atoms with Crippen LogP contribution in [-0.4, -0.2) is 65.9 Å². The summed E-state index contributed by atoms with van der Waals surface area (Å²) in [5, 5.41) is 3.84. The average Bonchev–Trinajstić information content (AvgIpc) is 3.08. The van der Waals surface area contributed by atoms with Crippen LogP contribution >= 0.6 is 11.3 Å². The number of likely N-dealkylation sites (N-methyl/N-ethyl adjacent to an activating group) is 1. The molecule has 0 saturated carbocycles. The predicted octanol–water partition coefficient (Wildman–Crippen LogP) is 3.47. The number of carbonyl (C=O) groups is 2. The molecule has 0 bridgehead atoms. The van der Waals surface area contributed by atoms with Gasteiger partial charge in [0.25, 0.3) is 0 Å². The van der Waals surface area contributed by atoms with Crippen LogP contribution in [0.3, 0.4) is 0 Å². The number of thiazole rings is 1. The van der Waals surface area contributed by atoms with E-state index >= 15 is 0 Å². The maximum atomic E-state index is 14.0. The summed E-state index contributed by atoms with van der Waals surface area (Å²) in [6.07, 6.45) is 1.42. The number of para-hydroxylation sites is 1. The van der Waals surface area contributed by atoms with Crippen LogP contribution in [0.2, 0.25) is 0 Å². The lowest BCUT2D eigenvalue weighted by molar-refractivity contribution is -0.136. The lowest BCUT2D eigenvalue weighted by atomic mass is 9.78. The van der Waals surface area contributed by atoms with E-state index in [0.717, 1.165) is 33.8 Å². The molecule has 174 valence electrons. The molecule has 1 saturated heterocycles. The van der Waals surface area contributed by atoms with Crippen molar-refractivity contribution >= 4 is 33.4 Å². The van der Waals surface area contributed by atoms with Crippen LogP contribution in [0.1, 0.15) is 30.8 Å². The topological polar surface area (TPSA) is 65.5 Å². The fraction of sp³-hybridized carbons (Fsp3) is 0.423. The molecule has 2 aromatic carbocycles. The molecule has 1 aliphatic heterocycles. The Morgan fingerprint density at radius 3 is 2.55 bits per heavy atom. The van der Waals surface area contributed by atoms with Gasteiger partial charge in [-0.25, -0.2) is 4.98 Å². The van der Waals surface area contributed by atoms with Gasteiger partial charge < -0.3 is 10.2 Å². The summed E-state index contributed by atoms with van der Waals surface area (Å²) in [5.74, 6) is 0.176. The monoisotopic (exact) mass is 464 g/mol. The molecule has 6 nitrogen and oxygen atoms in total. The lowest BCUT2D eigenvalue weighted by Crippen LogP contribution is -2.48. The second kappa shape index (κ2) is 10.4. The molecular weight excluding hydrogens is 432 g/mol. The number of carbonyl (C=O) groups excluding carboxylic acids is 2. The van der Waals surface area contributed by atoms with Crippen molar-refractivity contribution in [3.8, 4) is 0 Å². The number of aromatic nitrogens is 1. The van der Waals surface area contributed by atoms with Crippen LogP contribution in [0, 0.1) is 0 Å². The van der Waals surface area contributed by atoms with Crippen molar-refractivity contribution < 1.29 is 9.59 Å². The van der Waals surface area contributed by atoms with Gasteiger partial charge in [-0.05, 0) is 38.0 Å². The highest BCUT2D eigenvalue weighted by Gasteiger charge is 2.40. The standard InChI is InChI=1S/C26H32N4O2S/c1-3-27-23(31)19-29-14-9-15-30(17-16-29)25(32)26(2,20-10-5-4-6-11-20)18-24-28-21-12-7-8-13-22(21)33-24/h4-8,10-13H,3,9,14-19H2,1-2H3,(H,27,31). The van der Waals surface area contributed by atoms with Crippen molar-refractivity contribution in [2.45, 2.75) is 32.1 Å². The van der Waals surface area contributed by atoms with E-state index in [1.165, 1.54) is 0 Å². The third-order valence-corrected chi connectivity index (χ3v) is 7.38. The second-order valence-electron chi connectivity index (χ2n) is 8.83. The average molecular weight is 465 g/mol. The van der Waals surface area contributed by atoms with E-state index in [1.807, 2.05) is 67.3 Å². The molecule has 1 aliphatic rings. The quantitative estimate of drug-likeness (QED) is 0.582. The van der Waals surface area contributed by atoms with Crippen LogP contribution in [-0.2, 0) is 21.4 Å². The van der Waals surface area contributed by atoms with E-state index < -0.39 is 5.41 Å². The Morgan fingerprint density at radius 1 is 1.03 bits per heavy atom. The summed E-state index contributed by atoms with van der Waals surface area (Å²) in [6.45, 7) is 7.85. The Morgan fingerprint density at radius 2 is 1.79 bits per heavy atom. The Hall–Kier alpha value is -2.77. The zero-order valence-electron chi connectivity index (χ0n) is 19.4. The zero-order chi connectivity index (χ0) is 23.3. The number of fused-ring (bicyclic) bond motifs is 1. The van der Waals surface area contributed by atoms with Gasteiger partial charge in [-0.2, -0.15) is 0 Å². The van der Waals surface area contributed by atoms with E-state index in [1.54, 1.807) is 11.3 Å². The SMILES string of the molecule is CCNC(=O)CN1CCCN(C(=O)C(C)(Cc2nc3ccccc3s2)c2ccccc2)CC1. The molecular formula is C26H32N4O2S. The first-order chi connectivity index (χ1) is 16.0. The van der Waals surface area contributed by atoms with Gasteiger partial charge >= 0.3 is 0 Å². The van der Waals surface area contributed by atoms with Crippen LogP contribution in [0.25, 0.3) is 10.2 Å². The molecule has 7 heteroatoms. The van der Waals surface area contributed by atoms with Crippen molar-refractivity contribution in [3.63, 3.8) is 0 Å². The van der Waals surface area contributed by atoms with Crippen LogP contribution < -0.4 is 5.32 Å². The van der Waals surface area contributed by atoms with Gasteiger partial charge in [0.2, 0.25) is 11.8 Å². The van der Waals surface area contributed by atoms with Crippen molar-refractivity contribution in [3.05, 3.63) is 65.2 Å². The lowest BCUT2D eigenvalue weighted by Gasteiger charge is -2.34. The first-order valence-electron chi connectivity index (χ1n) is 11.7. The summed E-state index contributed by atoms with van der Waals surface area (Å²) >= 11 is 1.66. The van der Waals surface area contributed by atoms with E-state index in [-0.39, 0.29) is 11.8 Å². The molecule has 4 rings (SSSR count). The highest BCUT2D eigenvalue weighted by Crippen LogP contribution is 2.34. The maximum Gasteiger partial charge on any atom is 0.234 e. The second-order valence-corrected chi connectivity index (χ2v) is 9.94. The number of nitrogens with zero attached hydrogens (tertiary/aromatic N) is 3. The smallest absolute Gasteiger partial charge is 0.234 e. The number of nitrogens with one attached hydrogen (secondary N) is 1. The molecule has 3 aromatic rings. The molecule has 2 heterocycles. The van der Waals surface area contributed by atoms with Gasteiger partial charge in [0.05, 0.1) is 27.2 Å². The van der Waals surface area contributed by atoms with Crippen LogP contribution in [0.15, 0.2) is 54.6 Å². The summed E-state index contributed by atoms with van der Waals surface area (Å²) in [4.78, 5) is 35.0. The van der Waals surface area contributed by atoms with Crippen LogP contribution in [0.4, 0.5) is 0 Å². The van der Waals surface area contributed by atoms with Gasteiger partial charge in [-0.15, -0.1) is 11.3 Å². The third kappa shape index (κ3) is 5.42. The molecule has 0 spiro atoms. The Balaban J connectivity index is 1.55. The van der Waals surface area contributed by atoms with E-state index in [4.69, 9.17) is 4.98 Å². The third-order valence-electron chi connectivity index (χ3n) is 6.34. The minimum absolute atomic E-state index is 0.0437. The highest BCUT2D eigenvalue weighted by atomic mass is 32.1. The van der Waals surface area contributed by atoms with Crippen molar-refractivity contribution in [1.29, 1.82) is 0 Å². The van der Waals surface area contributed by atoms with Gasteiger partial charge in [0.1, 0.15) is 0 Å². The zero-order valence-corrected chi connectivity index (χ0v) is 20.2. The number of hydrogen-bond acceptors (Lipinski definition) is 5. The number of amides is 2. The fourth-order valence-corrected chi connectivity index (χ4v) is 5.67. The minimum Gasteiger partial charge on any atom is -0.355 e. The van der Waals surface area contributed by atoms with Crippen molar-refractivity contribution in [2.24, 2.45) is 0 Å². The molecule has 1 aromatic heterocycles. The van der Waals surface area contributed by atoms with Gasteiger partial charge in [0, 0.05) is 39.1 Å². The van der Waals surface area contributed by atoms with E-state index in [9.17, 15) is 9.59 Å². The van der Waals surface area contributed by atoms with Gasteiger partial charge in [-0.3, -0.25) is 14.5 Å². The number of hydrogen-bond donors (Lipinski definition) is 1.